The summed E-state index contributed by atoms with van der Waals surface area (Å²) >= 11 is 0. The minimum atomic E-state index is -2.09. The Morgan fingerprint density at radius 3 is 1.81 bits per heavy atom. The first-order valence-corrected chi connectivity index (χ1v) is 29.4. The monoisotopic (exact) mass is 1190 g/mol. The van der Waals surface area contributed by atoms with Gasteiger partial charge in [0.25, 0.3) is 0 Å². The van der Waals surface area contributed by atoms with E-state index in [4.69, 9.17) is 56.8 Å². The number of carbonyl (C=O) groups is 1. The van der Waals surface area contributed by atoms with Crippen LogP contribution in [0.1, 0.15) is 72.6 Å². The van der Waals surface area contributed by atoms with Crippen molar-refractivity contribution in [2.24, 2.45) is 46.3 Å². The second-order valence-electron chi connectivity index (χ2n) is 25.8. The van der Waals surface area contributed by atoms with Crippen molar-refractivity contribution in [3.63, 3.8) is 0 Å². The van der Waals surface area contributed by atoms with Gasteiger partial charge in [0.15, 0.2) is 43.0 Å². The quantitative estimate of drug-likeness (QED) is 0.0764. The van der Waals surface area contributed by atoms with Gasteiger partial charge in [-0.1, -0.05) is 33.3 Å². The van der Waals surface area contributed by atoms with Crippen LogP contribution in [0.25, 0.3) is 0 Å². The largest absolute Gasteiger partial charge is 0.394 e. The zero-order valence-corrected chi connectivity index (χ0v) is 46.8. The summed E-state index contributed by atoms with van der Waals surface area (Å²) in [6.45, 7) is 5.19. The molecule has 1 spiro atoms. The van der Waals surface area contributed by atoms with Crippen LogP contribution in [-0.4, -0.2) is 287 Å². The minimum Gasteiger partial charge on any atom is -0.394 e. The van der Waals surface area contributed by atoms with Crippen molar-refractivity contribution in [2.75, 3.05) is 39.6 Å². The Kier molecular flexibility index (Phi) is 18.4. The van der Waals surface area contributed by atoms with Crippen molar-refractivity contribution < 1.29 is 138 Å². The molecule has 7 heterocycles. The fraction of sp³-hybridized carbons (Fsp3) is 0.945. The highest BCUT2D eigenvalue weighted by Crippen LogP contribution is 2.69. The molecule has 7 aliphatic heterocycles. The molecule has 7 saturated heterocycles. The second-order valence-corrected chi connectivity index (χ2v) is 25.8. The first-order valence-electron chi connectivity index (χ1n) is 29.4. The average Bonchev–Trinajstić information content (AvgIpc) is 1.63. The van der Waals surface area contributed by atoms with Gasteiger partial charge in [0.1, 0.15) is 110 Å². The van der Waals surface area contributed by atoms with E-state index in [1.54, 1.807) is 0 Å². The number of ketones is 1. The summed E-state index contributed by atoms with van der Waals surface area (Å²) in [5, 5.41) is 164. The van der Waals surface area contributed by atoms with Gasteiger partial charge in [-0.15, -0.1) is 0 Å². The van der Waals surface area contributed by atoms with E-state index in [0.29, 0.717) is 38.2 Å². The Labute approximate surface area is 478 Å². The van der Waals surface area contributed by atoms with Crippen LogP contribution in [0.2, 0.25) is 0 Å². The molecule has 0 aromatic heterocycles. The highest BCUT2D eigenvalue weighted by molar-refractivity contribution is 5.97. The highest BCUT2D eigenvalue weighted by Gasteiger charge is 2.71. The smallest absolute Gasteiger partial charge is 0.187 e. The summed E-state index contributed by atoms with van der Waals surface area (Å²) in [4.78, 5) is 14.7. The Morgan fingerprint density at radius 2 is 1.12 bits per heavy atom. The summed E-state index contributed by atoms with van der Waals surface area (Å²) in [7, 11) is 0. The van der Waals surface area contributed by atoms with Gasteiger partial charge >= 0.3 is 0 Å². The molecule has 0 aromatic rings. The predicted molar refractivity (Wildman–Crippen MR) is 271 cm³/mol. The molecule has 10 fully saturated rings. The number of fused-ring (bicyclic) bond motifs is 7. The van der Waals surface area contributed by atoms with Crippen LogP contribution < -0.4 is 0 Å². The number of rotatable bonds is 13. The van der Waals surface area contributed by atoms with Crippen LogP contribution in [-0.2, 0) is 61.6 Å². The molecule has 11 aliphatic rings. The van der Waals surface area contributed by atoms with Gasteiger partial charge in [-0.05, 0) is 73.7 Å². The number of aliphatic hydroxyl groups is 15. The molecule has 15 N–H and O–H groups in total. The maximum Gasteiger partial charge on any atom is 0.187 e. The Bertz CT molecular complexity index is 2270. The van der Waals surface area contributed by atoms with Crippen molar-refractivity contribution in [3.05, 3.63) is 11.6 Å². The molecule has 28 nitrogen and oxygen atoms in total. The summed E-state index contributed by atoms with van der Waals surface area (Å²) in [5.74, 6) is -0.733. The van der Waals surface area contributed by atoms with E-state index in [9.17, 15) is 81.4 Å². The van der Waals surface area contributed by atoms with Gasteiger partial charge in [0.2, 0.25) is 0 Å². The van der Waals surface area contributed by atoms with E-state index < -0.39 is 203 Å². The van der Waals surface area contributed by atoms with Crippen LogP contribution >= 0.6 is 0 Å². The number of aliphatic hydroxyl groups excluding tert-OH is 15. The van der Waals surface area contributed by atoms with E-state index in [0.717, 1.165) is 18.4 Å². The van der Waals surface area contributed by atoms with Crippen LogP contribution in [0.3, 0.4) is 0 Å². The van der Waals surface area contributed by atoms with Gasteiger partial charge in [0.05, 0.1) is 58.0 Å². The number of hydrogen-bond acceptors (Lipinski definition) is 28. The molecule has 28 heteroatoms. The molecular formula is C55H86O28. The SMILES string of the molecule is C[C@@H]1CC[C@@]2(OC1)O[C@H]1C[C@H]3[C@@H]4C[C@H](O)[C@H]5C[C@@H](O[C@@H]6O[C@H](CO)[C@@H](O[C@@H]7O[C@H](CO)[C@@H](O)[C@H](O[C@@H]8OC[C@@H](O)[C@H](O)[C@H]8O)[C@H]7O[C@@H]7OC[C@@H](O)[C@H](O[C@@H]8O[C@H](CO)[C@@H](O)[C@H](O)[C@H]8O)[C@H]7O)[C@H](O)[C@H]6O)CC[C@]5(C)C4=CC(=O)[C@]3(C)[C@H]1[C@@H]2C. The highest BCUT2D eigenvalue weighted by atomic mass is 16.8. The van der Waals surface area contributed by atoms with Crippen molar-refractivity contribution in [1.29, 1.82) is 0 Å². The lowest BCUT2D eigenvalue weighted by atomic mass is 9.47. The molecule has 11 rings (SSSR count). The zero-order valence-electron chi connectivity index (χ0n) is 46.8. The molecule has 35 atom stereocenters. The molecule has 0 unspecified atom stereocenters. The summed E-state index contributed by atoms with van der Waals surface area (Å²) in [5.41, 5.74) is -0.274. The molecule has 0 bridgehead atoms. The predicted octanol–water partition coefficient (Wildman–Crippen LogP) is -5.74. The number of ether oxygens (including phenoxy) is 12. The van der Waals surface area contributed by atoms with E-state index in [2.05, 4.69) is 27.7 Å². The van der Waals surface area contributed by atoms with Crippen LogP contribution in [0.4, 0.5) is 0 Å². The van der Waals surface area contributed by atoms with Gasteiger partial charge in [-0.25, -0.2) is 0 Å². The lowest BCUT2D eigenvalue weighted by molar-refractivity contribution is -0.404. The lowest BCUT2D eigenvalue weighted by Crippen LogP contribution is -2.68. The van der Waals surface area contributed by atoms with Crippen molar-refractivity contribution in [2.45, 2.75) is 238 Å². The van der Waals surface area contributed by atoms with Gasteiger partial charge in [-0.2, -0.15) is 0 Å². The molecule has 3 saturated carbocycles. The van der Waals surface area contributed by atoms with E-state index in [1.165, 1.54) is 0 Å². The Hall–Kier alpha value is -1.67. The summed E-state index contributed by atoms with van der Waals surface area (Å²) < 4.78 is 72.6. The zero-order chi connectivity index (χ0) is 59.5. The maximum absolute atomic E-state index is 14.7. The third kappa shape index (κ3) is 10.8. The molecule has 0 radical (unpaired) electrons. The molecular weight excluding hydrogens is 1110 g/mol. The van der Waals surface area contributed by atoms with Crippen LogP contribution in [0.5, 0.6) is 0 Å². The van der Waals surface area contributed by atoms with E-state index in [1.807, 2.05) is 6.08 Å². The van der Waals surface area contributed by atoms with Gasteiger partial charge in [-0.3, -0.25) is 4.79 Å². The normalized spacial score (nSPS) is 56.4. The molecule has 0 aromatic carbocycles. The van der Waals surface area contributed by atoms with Crippen molar-refractivity contribution in [3.8, 4) is 0 Å². The number of carbonyl (C=O) groups excluding carboxylic acids is 1. The van der Waals surface area contributed by atoms with Crippen LogP contribution in [0.15, 0.2) is 11.6 Å². The topological polar surface area (TPSA) is 431 Å². The minimum absolute atomic E-state index is 0.00134. The van der Waals surface area contributed by atoms with Gasteiger partial charge < -0.3 is 133 Å². The fourth-order valence-corrected chi connectivity index (χ4v) is 16.2. The fourth-order valence-electron chi connectivity index (χ4n) is 16.2. The molecule has 83 heavy (non-hydrogen) atoms. The molecule has 0 amide bonds. The standard InChI is InChI=1S/C55H86O28/c1-19-5-8-55(74-16-19)20(2)34-29(83-55)11-24-22-10-26(59)25-9-21(6-7-53(25,3)23(22)12-33(62)54(24,34)4)75-50-42(70)39(67)45(32(15-58)78-50)80-52-47(46(37(65)31(14-57)77-52)81-48-40(68)35(63)27(60)17-72-48)82-49-43(71)44(28(61)18-73-49)79-51-41(69)38(66)36(64)30(13-56)76-51/h12,19-22,24-32,34-52,56-61,63-71H,5-11,13-18H2,1-4H3/t19-,20+,21+,22-,24+,25-,26+,27-,28-,29+,30-,31-,32-,34+,35+,36-,37-,38+,39-,40-,41-,42-,43-,44+,45-,46+,47-,48+,49+,50-,51+,52+,53-,54-,55-/m1/s1. The molecule has 474 valence electrons. The third-order valence-electron chi connectivity index (χ3n) is 21.0. The van der Waals surface area contributed by atoms with Crippen molar-refractivity contribution in [1.82, 2.24) is 0 Å². The van der Waals surface area contributed by atoms with Crippen molar-refractivity contribution >= 4 is 5.78 Å². The third-order valence-corrected chi connectivity index (χ3v) is 21.0. The average molecular weight is 1200 g/mol. The maximum atomic E-state index is 14.7. The first kappa shape index (κ1) is 62.9. The van der Waals surface area contributed by atoms with Crippen LogP contribution in [0, 0.1) is 46.3 Å². The van der Waals surface area contributed by atoms with E-state index >= 15 is 0 Å². The first-order chi connectivity index (χ1) is 39.4. The van der Waals surface area contributed by atoms with E-state index in [-0.39, 0.29) is 47.9 Å². The number of hydrogen-bond donors (Lipinski definition) is 15. The van der Waals surface area contributed by atoms with Gasteiger partial charge in [0, 0.05) is 23.7 Å². The lowest BCUT2D eigenvalue weighted by Gasteiger charge is -2.58. The number of allylic oxidation sites excluding steroid dienone is 2. The summed E-state index contributed by atoms with van der Waals surface area (Å²) in [6, 6.07) is 0. The summed E-state index contributed by atoms with van der Waals surface area (Å²) in [6.07, 6.45) is -37.6. The Balaban J connectivity index is 0.792. The molecule has 4 aliphatic carbocycles. The Morgan fingerprint density at radius 1 is 0.530 bits per heavy atom. The second kappa shape index (κ2) is 24.3.